The fourth-order valence-electron chi connectivity index (χ4n) is 1.39. The van der Waals surface area contributed by atoms with Gasteiger partial charge in [-0.25, -0.2) is 8.42 Å². The zero-order valence-electron chi connectivity index (χ0n) is 9.61. The van der Waals surface area contributed by atoms with Crippen LogP contribution in [-0.2, 0) is 10.1 Å². The third-order valence-corrected chi connectivity index (χ3v) is 3.68. The van der Waals surface area contributed by atoms with E-state index < -0.39 is 15.4 Å². The molecule has 0 aliphatic heterocycles. The Hall–Kier alpha value is 1.51. The van der Waals surface area contributed by atoms with Crippen molar-refractivity contribution in [1.82, 2.24) is 0 Å². The smallest absolute Gasteiger partial charge is 0.748 e. The molecule has 86 valence electrons. The molecule has 0 fully saturated rings. The average molecular weight is 262 g/mol. The number of aliphatic hydroxyl groups excluding tert-OH is 1. The maximum absolute atomic E-state index is 10.7. The number of hydrogen-bond donors (Lipinski definition) is 1. The molecule has 0 rings (SSSR count). The molecule has 0 saturated carbocycles. The van der Waals surface area contributed by atoms with Gasteiger partial charge in [-0.3, -0.25) is 0 Å². The first kappa shape index (κ1) is 18.9. The summed E-state index contributed by atoms with van der Waals surface area (Å²) in [6.07, 6.45) is 4.12. The first-order valence-electron chi connectivity index (χ1n) is 5.08. The summed E-state index contributed by atoms with van der Waals surface area (Å²) in [5.74, 6) is 0. The van der Waals surface area contributed by atoms with E-state index in [1.165, 1.54) is 0 Å². The van der Waals surface area contributed by atoms with Crippen LogP contribution >= 0.6 is 0 Å². The minimum atomic E-state index is -4.11. The molecule has 0 aromatic rings. The van der Waals surface area contributed by atoms with Crippen LogP contribution in [0.2, 0.25) is 0 Å². The molecule has 0 radical (unpaired) electrons. The molecule has 1 unspecified atom stereocenters. The van der Waals surface area contributed by atoms with Gasteiger partial charge in [0.15, 0.2) is 0 Å². The van der Waals surface area contributed by atoms with Crippen LogP contribution in [0.5, 0.6) is 0 Å². The Bertz CT molecular complexity index is 228. The molecule has 0 aromatic carbocycles. The van der Waals surface area contributed by atoms with Gasteiger partial charge in [-0.2, -0.15) is 0 Å². The summed E-state index contributed by atoms with van der Waals surface area (Å²) in [5, 5.41) is 7.78. The summed E-state index contributed by atoms with van der Waals surface area (Å²) in [5.41, 5.74) is 0. The van der Waals surface area contributed by atoms with E-state index in [2.05, 4.69) is 0 Å². The molecule has 0 aliphatic rings. The van der Waals surface area contributed by atoms with E-state index in [1.807, 2.05) is 0 Å². The van der Waals surface area contributed by atoms with E-state index >= 15 is 0 Å². The monoisotopic (exact) mass is 262 g/mol. The van der Waals surface area contributed by atoms with Gasteiger partial charge in [0.1, 0.15) is 0 Å². The van der Waals surface area contributed by atoms with Crippen molar-refractivity contribution in [3.63, 3.8) is 0 Å². The van der Waals surface area contributed by atoms with Gasteiger partial charge in [0.25, 0.3) is 0 Å². The molecular weight excluding hydrogens is 243 g/mol. The molecule has 0 bridgehead atoms. The van der Waals surface area contributed by atoms with Crippen molar-refractivity contribution in [2.24, 2.45) is 0 Å². The van der Waals surface area contributed by atoms with E-state index in [0.717, 1.165) is 25.7 Å². The predicted molar refractivity (Wildman–Crippen MR) is 53.9 cm³/mol. The second-order valence-corrected chi connectivity index (χ2v) is 5.10. The molecule has 0 aliphatic carbocycles. The summed E-state index contributed by atoms with van der Waals surface area (Å²) in [7, 11) is -4.11. The van der Waals surface area contributed by atoms with Crippen molar-refractivity contribution in [2.75, 3.05) is 6.61 Å². The molecule has 0 heterocycles. The normalized spacial score (nSPS) is 13.3. The van der Waals surface area contributed by atoms with Crippen LogP contribution in [0.1, 0.15) is 45.4 Å². The van der Waals surface area contributed by atoms with Gasteiger partial charge in [0.2, 0.25) is 0 Å². The number of unbranched alkanes of at least 4 members (excludes halogenated alkanes) is 3. The summed E-state index contributed by atoms with van der Waals surface area (Å²) in [4.78, 5) is 0. The number of rotatable bonds is 8. The summed E-state index contributed by atoms with van der Waals surface area (Å²) in [6.45, 7) is 1.89. The van der Waals surface area contributed by atoms with E-state index in [4.69, 9.17) is 5.11 Å². The van der Waals surface area contributed by atoms with Gasteiger partial charge in [-0.1, -0.05) is 26.2 Å². The van der Waals surface area contributed by atoms with Crippen LogP contribution in [-0.4, -0.2) is 29.9 Å². The molecule has 0 aromatic heterocycles. The van der Waals surface area contributed by atoms with Crippen molar-refractivity contribution in [1.29, 1.82) is 0 Å². The van der Waals surface area contributed by atoms with E-state index in [1.54, 1.807) is 6.92 Å². The maximum Gasteiger partial charge on any atom is 1.00 e. The first-order valence-corrected chi connectivity index (χ1v) is 6.55. The van der Waals surface area contributed by atoms with Crippen LogP contribution in [0, 0.1) is 0 Å². The Balaban J connectivity index is 0. The zero-order valence-corrected chi connectivity index (χ0v) is 13.5. The maximum atomic E-state index is 10.7. The van der Waals surface area contributed by atoms with Gasteiger partial charge in [-0.15, -0.1) is 0 Å². The Morgan fingerprint density at radius 2 is 1.73 bits per heavy atom. The topological polar surface area (TPSA) is 77.4 Å². The van der Waals surface area contributed by atoms with Crippen LogP contribution in [0.3, 0.4) is 0 Å². The third-order valence-electron chi connectivity index (χ3n) is 2.30. The molecule has 6 heteroatoms. The molecular formula is C9H19KO4S. The van der Waals surface area contributed by atoms with Crippen molar-refractivity contribution >= 4 is 10.1 Å². The zero-order chi connectivity index (χ0) is 11.0. The van der Waals surface area contributed by atoms with E-state index in [9.17, 15) is 13.0 Å². The first-order chi connectivity index (χ1) is 6.52. The van der Waals surface area contributed by atoms with Crippen molar-refractivity contribution in [2.45, 2.75) is 50.7 Å². The Morgan fingerprint density at radius 3 is 2.13 bits per heavy atom. The molecule has 15 heavy (non-hydrogen) atoms. The minimum Gasteiger partial charge on any atom is -0.748 e. The number of aliphatic hydroxyl groups is 1. The van der Waals surface area contributed by atoms with E-state index in [-0.39, 0.29) is 58.0 Å². The van der Waals surface area contributed by atoms with Crippen LogP contribution in [0.4, 0.5) is 0 Å². The second kappa shape index (κ2) is 10.6. The fourth-order valence-corrected chi connectivity index (χ4v) is 2.25. The van der Waals surface area contributed by atoms with Crippen LogP contribution in [0.15, 0.2) is 0 Å². The standard InChI is InChI=1S/C9H20O4S.K/c1-2-9(14(11,12)13)7-5-3-4-6-8-10;/h9-10H,2-8H2,1H3,(H,11,12,13);/q;+1/p-1. The molecule has 1 atom stereocenters. The van der Waals surface area contributed by atoms with Gasteiger partial charge in [-0.05, 0) is 19.3 Å². The Morgan fingerprint density at radius 1 is 1.20 bits per heavy atom. The fraction of sp³-hybridized carbons (Fsp3) is 1.00. The van der Waals surface area contributed by atoms with Crippen molar-refractivity contribution in [3.05, 3.63) is 0 Å². The quantitative estimate of drug-likeness (QED) is 0.320. The Labute approximate surface area is 135 Å². The molecule has 0 amide bonds. The van der Waals surface area contributed by atoms with Crippen molar-refractivity contribution < 1.29 is 69.5 Å². The van der Waals surface area contributed by atoms with Gasteiger partial charge in [0, 0.05) is 11.9 Å². The summed E-state index contributed by atoms with van der Waals surface area (Å²) in [6, 6.07) is 0. The van der Waals surface area contributed by atoms with Gasteiger partial charge < -0.3 is 9.66 Å². The largest absolute Gasteiger partial charge is 1.00 e. The number of hydrogen-bond acceptors (Lipinski definition) is 4. The van der Waals surface area contributed by atoms with Crippen molar-refractivity contribution in [3.8, 4) is 0 Å². The second-order valence-electron chi connectivity index (χ2n) is 3.45. The van der Waals surface area contributed by atoms with Crippen LogP contribution < -0.4 is 51.4 Å². The minimum absolute atomic E-state index is 0. The molecule has 4 nitrogen and oxygen atoms in total. The van der Waals surface area contributed by atoms with Gasteiger partial charge >= 0.3 is 51.4 Å². The summed E-state index contributed by atoms with van der Waals surface area (Å²) >= 11 is 0. The van der Waals surface area contributed by atoms with Gasteiger partial charge in [0.05, 0.1) is 10.1 Å². The molecule has 0 saturated heterocycles. The molecule has 0 spiro atoms. The summed E-state index contributed by atoms with van der Waals surface area (Å²) < 4.78 is 32.1. The SMILES string of the molecule is CCC(CCCCCCO)S(=O)(=O)[O-].[K+]. The average Bonchev–Trinajstić information content (AvgIpc) is 2.09. The predicted octanol–water partition coefficient (Wildman–Crippen LogP) is -1.74. The third kappa shape index (κ3) is 10.4. The van der Waals surface area contributed by atoms with E-state index in [0.29, 0.717) is 12.8 Å². The van der Waals surface area contributed by atoms with Crippen LogP contribution in [0.25, 0.3) is 0 Å². The Kier molecular flexibility index (Phi) is 13.4. The molecule has 1 N–H and O–H groups in total.